The highest BCUT2D eigenvalue weighted by atomic mass is 32.1. The molecule has 0 spiro atoms. The topological polar surface area (TPSA) is 26.7 Å². The van der Waals surface area contributed by atoms with Gasteiger partial charge >= 0.3 is 0 Å². The number of hydrogen-bond donors (Lipinski definition) is 1. The quantitative estimate of drug-likeness (QED) is 0.834. The van der Waals surface area contributed by atoms with Crippen molar-refractivity contribution in [2.75, 3.05) is 26.2 Å². The fourth-order valence-corrected chi connectivity index (χ4v) is 3.87. The summed E-state index contributed by atoms with van der Waals surface area (Å²) >= 11 is 1.69. The lowest BCUT2D eigenvalue weighted by atomic mass is 10.1. The van der Waals surface area contributed by atoms with Crippen LogP contribution in [0.5, 0.6) is 0 Å². The molecule has 3 rings (SSSR count). The maximum atomic E-state index is 13.3. The predicted molar refractivity (Wildman–Crippen MR) is 104 cm³/mol. The first-order valence-corrected chi connectivity index (χ1v) is 9.72. The fraction of sp³-hybridized carbons (Fsp3) is 0.429. The summed E-state index contributed by atoms with van der Waals surface area (Å²) in [6, 6.07) is 11.0. The number of aliphatic hydroxyl groups is 1. The molecular formula is C21H25FN2OS. The van der Waals surface area contributed by atoms with Crippen LogP contribution in [0.2, 0.25) is 0 Å². The average molecular weight is 373 g/mol. The molecule has 0 aliphatic carbocycles. The molecule has 5 heteroatoms. The minimum Gasteiger partial charge on any atom is -0.378 e. The number of hydrogen-bond acceptors (Lipinski definition) is 4. The van der Waals surface area contributed by atoms with E-state index in [4.69, 9.17) is 0 Å². The first-order chi connectivity index (χ1) is 12.4. The van der Waals surface area contributed by atoms with Crippen molar-refractivity contribution in [3.05, 3.63) is 57.5 Å². The molecule has 138 valence electrons. The van der Waals surface area contributed by atoms with Crippen molar-refractivity contribution in [3.8, 4) is 11.8 Å². The van der Waals surface area contributed by atoms with E-state index in [-0.39, 0.29) is 5.82 Å². The largest absolute Gasteiger partial charge is 0.378 e. The molecule has 3 nitrogen and oxygen atoms in total. The minimum atomic E-state index is -0.956. The van der Waals surface area contributed by atoms with Crippen molar-refractivity contribution in [2.45, 2.75) is 32.5 Å². The number of thiophene rings is 1. The van der Waals surface area contributed by atoms with Crippen LogP contribution in [-0.4, -0.2) is 46.7 Å². The van der Waals surface area contributed by atoms with E-state index < -0.39 is 5.60 Å². The van der Waals surface area contributed by atoms with Gasteiger partial charge < -0.3 is 5.11 Å². The predicted octanol–water partition coefficient (Wildman–Crippen LogP) is 3.33. The number of nitrogens with zero attached hydrogens (tertiary/aromatic N) is 2. The molecule has 1 aliphatic rings. The van der Waals surface area contributed by atoms with Crippen molar-refractivity contribution >= 4 is 11.3 Å². The van der Waals surface area contributed by atoms with Crippen LogP contribution in [0.15, 0.2) is 36.4 Å². The molecule has 0 bridgehead atoms. The molecule has 1 aliphatic heterocycles. The van der Waals surface area contributed by atoms with Crippen molar-refractivity contribution in [2.24, 2.45) is 0 Å². The van der Waals surface area contributed by atoms with Gasteiger partial charge in [-0.3, -0.25) is 9.80 Å². The number of halogens is 1. The van der Waals surface area contributed by atoms with Gasteiger partial charge in [-0.05, 0) is 43.7 Å². The van der Waals surface area contributed by atoms with E-state index in [1.807, 2.05) is 12.1 Å². The first kappa shape index (κ1) is 19.1. The highest BCUT2D eigenvalue weighted by Gasteiger charge is 2.17. The Kier molecular flexibility index (Phi) is 6.10. The second-order valence-electron chi connectivity index (χ2n) is 7.26. The van der Waals surface area contributed by atoms with Gasteiger partial charge in [0, 0.05) is 44.1 Å². The average Bonchev–Trinajstić information content (AvgIpc) is 3.02. The molecule has 0 saturated carbocycles. The van der Waals surface area contributed by atoms with Gasteiger partial charge in [0.05, 0.1) is 4.88 Å². The Morgan fingerprint density at radius 2 is 1.77 bits per heavy atom. The zero-order valence-electron chi connectivity index (χ0n) is 15.3. The van der Waals surface area contributed by atoms with Crippen LogP contribution >= 0.6 is 11.3 Å². The van der Waals surface area contributed by atoms with E-state index in [1.54, 1.807) is 37.3 Å². The summed E-state index contributed by atoms with van der Waals surface area (Å²) in [5.41, 5.74) is 0.0778. The standard InChI is InChI=1S/C21H25FN2OS/c1-21(2,25)9-8-19-6-7-20(26-19)16-24-12-10-23(11-13-24)15-17-4-3-5-18(22)14-17/h3-7,14,25H,10-13,15-16H2,1-2H3. The van der Waals surface area contributed by atoms with Crippen molar-refractivity contribution in [1.29, 1.82) is 0 Å². The molecule has 26 heavy (non-hydrogen) atoms. The van der Waals surface area contributed by atoms with Crippen molar-refractivity contribution < 1.29 is 9.50 Å². The molecule has 1 fully saturated rings. The van der Waals surface area contributed by atoms with Crippen LogP contribution in [0.25, 0.3) is 0 Å². The minimum absolute atomic E-state index is 0.165. The van der Waals surface area contributed by atoms with Crippen LogP contribution in [-0.2, 0) is 13.1 Å². The fourth-order valence-electron chi connectivity index (χ4n) is 2.96. The molecule has 1 aromatic heterocycles. The highest BCUT2D eigenvalue weighted by molar-refractivity contribution is 7.12. The third kappa shape index (κ3) is 5.93. The first-order valence-electron chi connectivity index (χ1n) is 8.91. The van der Waals surface area contributed by atoms with Gasteiger partial charge in [0.15, 0.2) is 0 Å². The van der Waals surface area contributed by atoms with E-state index in [0.717, 1.165) is 49.7 Å². The molecule has 1 aromatic carbocycles. The highest BCUT2D eigenvalue weighted by Crippen LogP contribution is 2.19. The van der Waals surface area contributed by atoms with E-state index in [2.05, 4.69) is 27.7 Å². The summed E-state index contributed by atoms with van der Waals surface area (Å²) in [6.07, 6.45) is 0. The molecule has 1 saturated heterocycles. The van der Waals surface area contributed by atoms with Crippen LogP contribution in [0, 0.1) is 17.7 Å². The van der Waals surface area contributed by atoms with Gasteiger partial charge in [0.25, 0.3) is 0 Å². The maximum Gasteiger partial charge on any atom is 0.123 e. The van der Waals surface area contributed by atoms with E-state index in [0.29, 0.717) is 0 Å². The molecule has 0 amide bonds. The lowest BCUT2D eigenvalue weighted by Gasteiger charge is -2.34. The van der Waals surface area contributed by atoms with Gasteiger partial charge in [0.2, 0.25) is 0 Å². The summed E-state index contributed by atoms with van der Waals surface area (Å²) < 4.78 is 13.3. The Morgan fingerprint density at radius 3 is 2.42 bits per heavy atom. The number of rotatable bonds is 4. The van der Waals surface area contributed by atoms with Crippen LogP contribution in [0.1, 0.15) is 29.2 Å². The zero-order valence-corrected chi connectivity index (χ0v) is 16.2. The molecule has 2 heterocycles. The van der Waals surface area contributed by atoms with Gasteiger partial charge in [-0.1, -0.05) is 24.0 Å². The molecule has 0 unspecified atom stereocenters. The summed E-state index contributed by atoms with van der Waals surface area (Å²) in [7, 11) is 0. The summed E-state index contributed by atoms with van der Waals surface area (Å²) in [5.74, 6) is 5.73. The third-order valence-corrected chi connectivity index (χ3v) is 5.28. The van der Waals surface area contributed by atoms with Crippen LogP contribution in [0.3, 0.4) is 0 Å². The number of piperazine rings is 1. The van der Waals surface area contributed by atoms with Crippen molar-refractivity contribution in [3.63, 3.8) is 0 Å². The van der Waals surface area contributed by atoms with Gasteiger partial charge in [-0.15, -0.1) is 11.3 Å². The maximum absolute atomic E-state index is 13.3. The van der Waals surface area contributed by atoms with Crippen molar-refractivity contribution in [1.82, 2.24) is 9.80 Å². The summed E-state index contributed by atoms with van der Waals surface area (Å²) in [5, 5.41) is 9.69. The molecular weight excluding hydrogens is 347 g/mol. The lowest BCUT2D eigenvalue weighted by Crippen LogP contribution is -2.45. The normalized spacial score (nSPS) is 16.3. The molecule has 1 N–H and O–H groups in total. The van der Waals surface area contributed by atoms with Gasteiger partial charge in [0.1, 0.15) is 11.4 Å². The monoisotopic (exact) mass is 372 g/mol. The molecule has 0 atom stereocenters. The van der Waals surface area contributed by atoms with Crippen LogP contribution in [0.4, 0.5) is 4.39 Å². The van der Waals surface area contributed by atoms with Gasteiger partial charge in [-0.2, -0.15) is 0 Å². The summed E-state index contributed by atoms with van der Waals surface area (Å²) in [4.78, 5) is 7.11. The second-order valence-corrected chi connectivity index (χ2v) is 8.43. The molecule has 2 aromatic rings. The third-order valence-electron chi connectivity index (χ3n) is 4.29. The Labute approximate surface area is 159 Å². The Morgan fingerprint density at radius 1 is 1.08 bits per heavy atom. The van der Waals surface area contributed by atoms with Crippen LogP contribution < -0.4 is 0 Å². The summed E-state index contributed by atoms with van der Waals surface area (Å²) in [6.45, 7) is 9.13. The zero-order chi connectivity index (χ0) is 18.6. The lowest BCUT2D eigenvalue weighted by molar-refractivity contribution is 0.123. The Balaban J connectivity index is 1.48. The van der Waals surface area contributed by atoms with Gasteiger partial charge in [-0.25, -0.2) is 4.39 Å². The van der Waals surface area contributed by atoms with E-state index >= 15 is 0 Å². The smallest absolute Gasteiger partial charge is 0.123 e. The van der Waals surface area contributed by atoms with E-state index in [1.165, 1.54) is 10.9 Å². The number of benzene rings is 1. The second kappa shape index (κ2) is 8.32. The Hall–Kier alpha value is -1.71. The molecule has 0 radical (unpaired) electrons. The Bertz CT molecular complexity index is 792. The van der Waals surface area contributed by atoms with E-state index in [9.17, 15) is 9.50 Å². The SMILES string of the molecule is CC(C)(O)C#Cc1ccc(CN2CCN(Cc3cccc(F)c3)CC2)s1.